The largest absolute Gasteiger partial charge is 0.416 e. The van der Waals surface area contributed by atoms with Crippen molar-refractivity contribution in [1.29, 1.82) is 0 Å². The summed E-state index contributed by atoms with van der Waals surface area (Å²) in [7, 11) is 0. The molecule has 2 heterocycles. The lowest BCUT2D eigenvalue weighted by molar-refractivity contribution is -0.137. The van der Waals surface area contributed by atoms with Gasteiger partial charge in [-0.3, -0.25) is 0 Å². The van der Waals surface area contributed by atoms with Crippen molar-refractivity contribution >= 4 is 22.2 Å². The zero-order valence-corrected chi connectivity index (χ0v) is 17.2. The van der Waals surface area contributed by atoms with Crippen LogP contribution in [0.25, 0.3) is 27.5 Å². The second-order valence-corrected chi connectivity index (χ2v) is 7.78. The van der Waals surface area contributed by atoms with Crippen LogP contribution in [0.5, 0.6) is 0 Å². The highest BCUT2D eigenvalue weighted by Crippen LogP contribution is 2.40. The summed E-state index contributed by atoms with van der Waals surface area (Å²) in [5.74, 6) is 0.814. The highest BCUT2D eigenvalue weighted by Gasteiger charge is 2.32. The van der Waals surface area contributed by atoms with Gasteiger partial charge in [-0.15, -0.1) is 0 Å². The number of halogens is 3. The molecule has 3 nitrogen and oxygen atoms in total. The van der Waals surface area contributed by atoms with Gasteiger partial charge >= 0.3 is 6.18 Å². The Morgan fingerprint density at radius 2 is 1.69 bits per heavy atom. The Hall–Kier alpha value is -3.67. The zero-order chi connectivity index (χ0) is 22.1. The van der Waals surface area contributed by atoms with E-state index in [-0.39, 0.29) is 0 Å². The number of hydrogen-bond acceptors (Lipinski definition) is 3. The molecule has 0 saturated heterocycles. The standard InChI is InChI=1S/C26H20F3N3/c27-26(28,29)20-8-9-23(22-7-3-5-18-4-1-2-6-21(18)22)24(16-20)19-11-14-32(15-12-19)25-10-13-30-17-31-25/h1-11,13,16-17H,12,14-15H2. The van der Waals surface area contributed by atoms with Crippen molar-refractivity contribution in [3.8, 4) is 11.1 Å². The number of fused-ring (bicyclic) bond motifs is 1. The first kappa shape index (κ1) is 20.2. The summed E-state index contributed by atoms with van der Waals surface area (Å²) in [5, 5.41) is 2.08. The molecule has 0 radical (unpaired) electrons. The van der Waals surface area contributed by atoms with E-state index in [9.17, 15) is 13.2 Å². The molecule has 0 N–H and O–H groups in total. The van der Waals surface area contributed by atoms with Crippen molar-refractivity contribution in [2.75, 3.05) is 18.0 Å². The van der Waals surface area contributed by atoms with Crippen molar-refractivity contribution in [1.82, 2.24) is 9.97 Å². The van der Waals surface area contributed by atoms with E-state index in [4.69, 9.17) is 0 Å². The van der Waals surface area contributed by atoms with E-state index >= 15 is 0 Å². The maximum Gasteiger partial charge on any atom is 0.416 e. The summed E-state index contributed by atoms with van der Waals surface area (Å²) >= 11 is 0. The Morgan fingerprint density at radius 3 is 2.44 bits per heavy atom. The van der Waals surface area contributed by atoms with Gasteiger partial charge in [-0.1, -0.05) is 54.6 Å². The first-order valence-electron chi connectivity index (χ1n) is 10.4. The van der Waals surface area contributed by atoms with Crippen molar-refractivity contribution < 1.29 is 13.2 Å². The van der Waals surface area contributed by atoms with E-state index < -0.39 is 11.7 Å². The van der Waals surface area contributed by atoms with Crippen LogP contribution >= 0.6 is 0 Å². The average Bonchev–Trinajstić information content (AvgIpc) is 2.83. The van der Waals surface area contributed by atoms with Crippen LogP contribution in [0, 0.1) is 0 Å². The molecule has 6 heteroatoms. The van der Waals surface area contributed by atoms with Gasteiger partial charge < -0.3 is 4.90 Å². The molecule has 1 aliphatic heterocycles. The average molecular weight is 431 g/mol. The zero-order valence-electron chi connectivity index (χ0n) is 17.2. The molecule has 32 heavy (non-hydrogen) atoms. The Morgan fingerprint density at radius 1 is 0.844 bits per heavy atom. The van der Waals surface area contributed by atoms with Gasteiger partial charge in [-0.25, -0.2) is 9.97 Å². The molecular weight excluding hydrogens is 411 g/mol. The maximum atomic E-state index is 13.6. The molecule has 0 spiro atoms. The van der Waals surface area contributed by atoms with Crippen LogP contribution in [-0.4, -0.2) is 23.1 Å². The van der Waals surface area contributed by atoms with Crippen LogP contribution < -0.4 is 4.90 Å². The highest BCUT2D eigenvalue weighted by atomic mass is 19.4. The Labute approximate surface area is 183 Å². The Balaban J connectivity index is 1.61. The monoisotopic (exact) mass is 431 g/mol. The summed E-state index contributed by atoms with van der Waals surface area (Å²) in [6.07, 6.45) is 1.43. The van der Waals surface area contributed by atoms with Crippen molar-refractivity contribution in [2.24, 2.45) is 0 Å². The normalized spacial score (nSPS) is 14.5. The van der Waals surface area contributed by atoms with Crippen molar-refractivity contribution in [3.63, 3.8) is 0 Å². The highest BCUT2D eigenvalue weighted by molar-refractivity contribution is 5.99. The van der Waals surface area contributed by atoms with Crippen molar-refractivity contribution in [3.05, 3.63) is 96.5 Å². The third-order valence-electron chi connectivity index (χ3n) is 5.87. The molecule has 1 aromatic heterocycles. The van der Waals surface area contributed by atoms with Crippen LogP contribution in [0.15, 0.2) is 85.3 Å². The van der Waals surface area contributed by atoms with E-state index in [0.717, 1.165) is 33.3 Å². The second kappa shape index (κ2) is 8.11. The number of benzene rings is 3. The fourth-order valence-corrected chi connectivity index (χ4v) is 4.27. The minimum atomic E-state index is -4.39. The molecule has 1 aliphatic rings. The molecule has 160 valence electrons. The number of aromatic nitrogens is 2. The van der Waals surface area contributed by atoms with Gasteiger partial charge in [-0.05, 0) is 57.7 Å². The summed E-state index contributed by atoms with van der Waals surface area (Å²) in [4.78, 5) is 10.3. The minimum Gasteiger partial charge on any atom is -0.352 e. The quantitative estimate of drug-likeness (QED) is 0.366. The molecule has 0 bridgehead atoms. The summed E-state index contributed by atoms with van der Waals surface area (Å²) < 4.78 is 40.7. The summed E-state index contributed by atoms with van der Waals surface area (Å²) in [5.41, 5.74) is 2.68. The van der Waals surface area contributed by atoms with Crippen LogP contribution in [-0.2, 0) is 6.18 Å². The topological polar surface area (TPSA) is 29.0 Å². The van der Waals surface area contributed by atoms with Gasteiger partial charge in [0.15, 0.2) is 0 Å². The van der Waals surface area contributed by atoms with Gasteiger partial charge in [0, 0.05) is 19.3 Å². The summed E-state index contributed by atoms with van der Waals surface area (Å²) in [6.45, 7) is 1.26. The van der Waals surface area contributed by atoms with Gasteiger partial charge in [0.05, 0.1) is 5.56 Å². The number of anilines is 1. The molecule has 4 aromatic rings. The molecule has 0 unspecified atom stereocenters. The molecule has 5 rings (SSSR count). The molecule has 0 saturated carbocycles. The van der Waals surface area contributed by atoms with Crippen molar-refractivity contribution in [2.45, 2.75) is 12.6 Å². The fraction of sp³-hybridized carbons (Fsp3) is 0.154. The van der Waals surface area contributed by atoms with E-state index in [1.807, 2.05) is 54.6 Å². The third kappa shape index (κ3) is 3.84. The number of nitrogens with zero attached hydrogens (tertiary/aromatic N) is 3. The molecule has 0 fully saturated rings. The predicted octanol–water partition coefficient (Wildman–Crippen LogP) is 6.61. The molecule has 0 aliphatic carbocycles. The molecular formula is C26H20F3N3. The minimum absolute atomic E-state index is 0.581. The fourth-order valence-electron chi connectivity index (χ4n) is 4.27. The third-order valence-corrected chi connectivity index (χ3v) is 5.87. The van der Waals surface area contributed by atoms with E-state index in [1.165, 1.54) is 18.5 Å². The smallest absolute Gasteiger partial charge is 0.352 e. The van der Waals surface area contributed by atoms with Crippen LogP contribution in [0.4, 0.5) is 19.0 Å². The van der Waals surface area contributed by atoms with Gasteiger partial charge in [0.2, 0.25) is 0 Å². The predicted molar refractivity (Wildman–Crippen MR) is 121 cm³/mol. The van der Waals surface area contributed by atoms with Gasteiger partial charge in [0.25, 0.3) is 0 Å². The number of alkyl halides is 3. The molecule has 0 atom stereocenters. The van der Waals surface area contributed by atoms with Crippen LogP contribution in [0.1, 0.15) is 17.5 Å². The van der Waals surface area contributed by atoms with E-state index in [2.05, 4.69) is 14.9 Å². The first-order chi connectivity index (χ1) is 15.5. The first-order valence-corrected chi connectivity index (χ1v) is 10.4. The SMILES string of the molecule is FC(F)(F)c1ccc(-c2cccc3ccccc23)c(C2=CCN(c3ccncn3)CC2)c1. The molecule has 0 amide bonds. The maximum absolute atomic E-state index is 13.6. The Kier molecular flexibility index (Phi) is 5.13. The van der Waals surface area contributed by atoms with E-state index in [1.54, 1.807) is 12.3 Å². The van der Waals surface area contributed by atoms with Gasteiger partial charge in [-0.2, -0.15) is 13.2 Å². The van der Waals surface area contributed by atoms with E-state index in [0.29, 0.717) is 25.1 Å². The summed E-state index contributed by atoms with van der Waals surface area (Å²) in [6, 6.07) is 19.8. The van der Waals surface area contributed by atoms with Crippen LogP contribution in [0.2, 0.25) is 0 Å². The number of rotatable bonds is 3. The lowest BCUT2D eigenvalue weighted by atomic mass is 9.88. The lowest BCUT2D eigenvalue weighted by Gasteiger charge is -2.28. The lowest BCUT2D eigenvalue weighted by Crippen LogP contribution is -2.29. The Bertz CT molecular complexity index is 1290. The second-order valence-electron chi connectivity index (χ2n) is 7.78. The van der Waals surface area contributed by atoms with Gasteiger partial charge in [0.1, 0.15) is 12.1 Å². The van der Waals surface area contributed by atoms with Crippen LogP contribution in [0.3, 0.4) is 0 Å². The number of hydrogen-bond donors (Lipinski definition) is 0. The molecule has 3 aromatic carbocycles.